The molecule has 1 spiro atoms. The molecule has 0 atom stereocenters. The van der Waals surface area contributed by atoms with Crippen LogP contribution < -0.4 is 5.56 Å². The molecule has 0 N–H and O–H groups in total. The van der Waals surface area contributed by atoms with Crippen LogP contribution in [0.5, 0.6) is 0 Å². The van der Waals surface area contributed by atoms with Gasteiger partial charge in [-0.25, -0.2) is 9.97 Å². The number of aryl methyl sites for hydroxylation is 2. The standard InChI is InChI=1S/C19H24N4O2/c1-14-20-12-15-5-11-25-19(17(15)21-14)6-9-23(10-7-19)13-16-4-3-8-22(2)18(16)24/h3-4,8,12H,5-7,9-11,13H2,1-2H3. The first kappa shape index (κ1) is 16.4. The van der Waals surface area contributed by atoms with Crippen LogP contribution in [0.1, 0.15) is 35.5 Å². The van der Waals surface area contributed by atoms with Crippen LogP contribution >= 0.6 is 0 Å². The molecule has 2 aliphatic heterocycles. The largest absolute Gasteiger partial charge is 0.368 e. The van der Waals surface area contributed by atoms with E-state index < -0.39 is 0 Å². The molecule has 0 aromatic carbocycles. The summed E-state index contributed by atoms with van der Waals surface area (Å²) in [7, 11) is 1.80. The number of rotatable bonds is 2. The van der Waals surface area contributed by atoms with Crippen molar-refractivity contribution in [1.29, 1.82) is 0 Å². The number of nitrogens with zero attached hydrogens (tertiary/aromatic N) is 4. The van der Waals surface area contributed by atoms with Crippen molar-refractivity contribution in [1.82, 2.24) is 19.4 Å². The van der Waals surface area contributed by atoms with E-state index in [1.165, 1.54) is 5.56 Å². The van der Waals surface area contributed by atoms with Crippen molar-refractivity contribution in [2.24, 2.45) is 7.05 Å². The number of piperidine rings is 1. The van der Waals surface area contributed by atoms with Crippen LogP contribution in [0.25, 0.3) is 0 Å². The van der Waals surface area contributed by atoms with Crippen molar-refractivity contribution >= 4 is 0 Å². The molecular formula is C19H24N4O2. The fraction of sp³-hybridized carbons (Fsp3) is 0.526. The van der Waals surface area contributed by atoms with Gasteiger partial charge in [-0.05, 0) is 37.8 Å². The molecule has 2 aromatic heterocycles. The quantitative estimate of drug-likeness (QED) is 0.830. The van der Waals surface area contributed by atoms with E-state index in [0.717, 1.165) is 56.0 Å². The van der Waals surface area contributed by atoms with E-state index in [2.05, 4.69) is 9.88 Å². The zero-order valence-electron chi connectivity index (χ0n) is 14.9. The monoisotopic (exact) mass is 340 g/mol. The topological polar surface area (TPSA) is 60.2 Å². The Bertz CT molecular complexity index is 838. The summed E-state index contributed by atoms with van der Waals surface area (Å²) in [5.41, 5.74) is 2.97. The van der Waals surface area contributed by atoms with Gasteiger partial charge in [-0.3, -0.25) is 9.69 Å². The van der Waals surface area contributed by atoms with Gasteiger partial charge >= 0.3 is 0 Å². The van der Waals surface area contributed by atoms with E-state index in [-0.39, 0.29) is 11.2 Å². The van der Waals surface area contributed by atoms with Crippen molar-refractivity contribution in [3.05, 3.63) is 57.5 Å². The first-order chi connectivity index (χ1) is 12.1. The van der Waals surface area contributed by atoms with Crippen LogP contribution in [0.3, 0.4) is 0 Å². The molecule has 132 valence electrons. The van der Waals surface area contributed by atoms with Crippen LogP contribution in [-0.4, -0.2) is 39.1 Å². The average Bonchev–Trinajstić information content (AvgIpc) is 2.62. The molecule has 2 aliphatic rings. The molecule has 0 bridgehead atoms. The highest BCUT2D eigenvalue weighted by atomic mass is 16.5. The maximum Gasteiger partial charge on any atom is 0.254 e. The van der Waals surface area contributed by atoms with Gasteiger partial charge in [0.2, 0.25) is 0 Å². The SMILES string of the molecule is Cc1ncc2c(n1)C1(CCN(Cc3cccn(C)c3=O)CC1)OCC2. The van der Waals surface area contributed by atoms with Crippen LogP contribution in [0.2, 0.25) is 0 Å². The minimum absolute atomic E-state index is 0.0883. The zero-order valence-corrected chi connectivity index (χ0v) is 14.9. The molecule has 0 radical (unpaired) electrons. The highest BCUT2D eigenvalue weighted by Gasteiger charge is 2.42. The minimum Gasteiger partial charge on any atom is -0.368 e. The molecule has 0 aliphatic carbocycles. The molecule has 2 aromatic rings. The molecule has 0 saturated carbocycles. The Kier molecular flexibility index (Phi) is 4.17. The third kappa shape index (κ3) is 3.00. The smallest absolute Gasteiger partial charge is 0.254 e. The van der Waals surface area contributed by atoms with Crippen LogP contribution in [0, 0.1) is 6.92 Å². The summed E-state index contributed by atoms with van der Waals surface area (Å²) in [4.78, 5) is 23.6. The Labute approximate surface area is 147 Å². The normalized spacial score (nSPS) is 19.8. The summed E-state index contributed by atoms with van der Waals surface area (Å²) in [5.74, 6) is 0.804. The lowest BCUT2D eigenvalue weighted by Gasteiger charge is -2.44. The maximum absolute atomic E-state index is 12.2. The van der Waals surface area contributed by atoms with Crippen molar-refractivity contribution in [2.75, 3.05) is 19.7 Å². The van der Waals surface area contributed by atoms with E-state index in [1.54, 1.807) is 17.8 Å². The number of pyridine rings is 1. The van der Waals surface area contributed by atoms with Crippen molar-refractivity contribution < 1.29 is 4.74 Å². The summed E-state index contributed by atoms with van der Waals surface area (Å²) in [5, 5.41) is 0. The Hall–Kier alpha value is -2.05. The summed E-state index contributed by atoms with van der Waals surface area (Å²) >= 11 is 0. The van der Waals surface area contributed by atoms with Gasteiger partial charge in [0.15, 0.2) is 0 Å². The van der Waals surface area contributed by atoms with E-state index in [1.807, 2.05) is 25.3 Å². The van der Waals surface area contributed by atoms with Crippen LogP contribution in [-0.2, 0) is 30.4 Å². The van der Waals surface area contributed by atoms with Gasteiger partial charge in [-0.2, -0.15) is 0 Å². The van der Waals surface area contributed by atoms with Crippen LogP contribution in [0.15, 0.2) is 29.3 Å². The van der Waals surface area contributed by atoms with Gasteiger partial charge in [0.1, 0.15) is 11.4 Å². The van der Waals surface area contributed by atoms with Gasteiger partial charge in [-0.1, -0.05) is 6.07 Å². The second-order valence-corrected chi connectivity index (χ2v) is 7.11. The molecule has 6 nitrogen and oxygen atoms in total. The summed E-state index contributed by atoms with van der Waals surface area (Å²) in [6.07, 6.45) is 6.46. The predicted octanol–water partition coefficient (Wildman–Crippen LogP) is 1.55. The Morgan fingerprint density at radius 1 is 1.32 bits per heavy atom. The molecule has 0 amide bonds. The maximum atomic E-state index is 12.2. The number of ether oxygens (including phenoxy) is 1. The average molecular weight is 340 g/mol. The fourth-order valence-corrected chi connectivity index (χ4v) is 3.97. The summed E-state index contributed by atoms with van der Waals surface area (Å²) in [6.45, 7) is 5.17. The molecule has 25 heavy (non-hydrogen) atoms. The van der Waals surface area contributed by atoms with Gasteiger partial charge in [0.25, 0.3) is 5.56 Å². The van der Waals surface area contributed by atoms with Crippen LogP contribution in [0.4, 0.5) is 0 Å². The second kappa shape index (κ2) is 6.35. The highest BCUT2D eigenvalue weighted by molar-refractivity contribution is 5.27. The zero-order chi connectivity index (χ0) is 17.4. The van der Waals surface area contributed by atoms with Crippen molar-refractivity contribution in [3.63, 3.8) is 0 Å². The predicted molar refractivity (Wildman–Crippen MR) is 94.3 cm³/mol. The number of hydrogen-bond donors (Lipinski definition) is 0. The number of hydrogen-bond acceptors (Lipinski definition) is 5. The fourth-order valence-electron chi connectivity index (χ4n) is 3.97. The lowest BCUT2D eigenvalue weighted by atomic mass is 9.83. The van der Waals surface area contributed by atoms with Gasteiger partial charge in [0.05, 0.1) is 12.3 Å². The number of fused-ring (bicyclic) bond motifs is 2. The highest BCUT2D eigenvalue weighted by Crippen LogP contribution is 2.40. The van der Waals surface area contributed by atoms with Gasteiger partial charge in [0, 0.05) is 44.6 Å². The van der Waals surface area contributed by atoms with Gasteiger partial charge in [-0.15, -0.1) is 0 Å². The number of aromatic nitrogens is 3. The lowest BCUT2D eigenvalue weighted by Crippen LogP contribution is -2.47. The molecule has 1 saturated heterocycles. The second-order valence-electron chi connectivity index (χ2n) is 7.11. The molecule has 0 unspecified atom stereocenters. The summed E-state index contributed by atoms with van der Waals surface area (Å²) < 4.78 is 7.89. The van der Waals surface area contributed by atoms with Crippen molar-refractivity contribution in [3.8, 4) is 0 Å². The molecule has 1 fully saturated rings. The molecule has 4 rings (SSSR count). The van der Waals surface area contributed by atoms with Gasteiger partial charge < -0.3 is 9.30 Å². The van der Waals surface area contributed by atoms with Crippen molar-refractivity contribution in [2.45, 2.75) is 38.3 Å². The van der Waals surface area contributed by atoms with E-state index in [9.17, 15) is 4.79 Å². The van der Waals surface area contributed by atoms with E-state index in [0.29, 0.717) is 6.54 Å². The molecular weight excluding hydrogens is 316 g/mol. The third-order valence-corrected chi connectivity index (χ3v) is 5.43. The van der Waals surface area contributed by atoms with E-state index in [4.69, 9.17) is 9.72 Å². The molecule has 6 heteroatoms. The Morgan fingerprint density at radius 3 is 2.92 bits per heavy atom. The summed E-state index contributed by atoms with van der Waals surface area (Å²) in [6, 6.07) is 3.86. The molecule has 4 heterocycles. The first-order valence-corrected chi connectivity index (χ1v) is 8.91. The third-order valence-electron chi connectivity index (χ3n) is 5.43. The number of likely N-dealkylation sites (tertiary alicyclic amines) is 1. The minimum atomic E-state index is -0.278. The Morgan fingerprint density at radius 2 is 2.12 bits per heavy atom. The lowest BCUT2D eigenvalue weighted by molar-refractivity contribution is -0.102. The first-order valence-electron chi connectivity index (χ1n) is 8.91. The Balaban J connectivity index is 1.52. The van der Waals surface area contributed by atoms with E-state index >= 15 is 0 Å².